The maximum absolute atomic E-state index is 17.7. The zero-order valence-corrected chi connectivity index (χ0v) is 34.8. The average Bonchev–Trinajstić information content (AvgIpc) is 3.85. The van der Waals surface area contributed by atoms with Crippen molar-refractivity contribution in [2.75, 3.05) is 0 Å². The molecule has 0 saturated carbocycles. The molecule has 4 heterocycles. The van der Waals surface area contributed by atoms with E-state index in [1.54, 1.807) is 0 Å². The fourth-order valence-corrected chi connectivity index (χ4v) is 16.6. The van der Waals surface area contributed by atoms with Gasteiger partial charge in [0.25, 0.3) is 0 Å². The second kappa shape index (κ2) is 13.1. The number of hydrogen-bond acceptors (Lipinski definition) is 4. The van der Waals surface area contributed by atoms with Gasteiger partial charge in [0.15, 0.2) is 14.3 Å². The molecular formula is C54H34N2O4P2. The molecule has 0 amide bonds. The molecule has 0 spiro atoms. The SMILES string of the molecule is O=P1(c2c3c4ccccc4n(-c4ccccc4)c3c(P3(=O)c4ccccc4Oc4ccccc43)c3c4ccccc4n(-c4ccccc4)c23)c2ccccc2Oc2ccccc21. The van der Waals surface area contributed by atoms with Gasteiger partial charge in [-0.3, -0.25) is 0 Å². The van der Waals surface area contributed by atoms with Crippen molar-refractivity contribution in [3.8, 4) is 34.4 Å². The Morgan fingerprint density at radius 1 is 0.323 bits per heavy atom. The van der Waals surface area contributed by atoms with Crippen LogP contribution in [0.4, 0.5) is 0 Å². The summed E-state index contributed by atoms with van der Waals surface area (Å²) in [6.45, 7) is 0. The Labute approximate surface area is 356 Å². The van der Waals surface area contributed by atoms with E-state index in [0.29, 0.717) is 54.8 Å². The van der Waals surface area contributed by atoms with Crippen LogP contribution < -0.4 is 41.3 Å². The molecule has 2 aromatic heterocycles. The van der Waals surface area contributed by atoms with Gasteiger partial charge in [0.2, 0.25) is 0 Å². The normalized spacial score (nSPS) is 14.5. The minimum atomic E-state index is -3.91. The molecule has 0 fully saturated rings. The van der Waals surface area contributed by atoms with E-state index in [4.69, 9.17) is 9.47 Å². The number of para-hydroxylation sites is 8. The number of hydrogen-bond donors (Lipinski definition) is 0. The smallest absolute Gasteiger partial charge is 0.181 e. The quantitative estimate of drug-likeness (QED) is 0.166. The largest absolute Gasteiger partial charge is 0.456 e. The van der Waals surface area contributed by atoms with Crippen LogP contribution in [0.25, 0.3) is 55.0 Å². The third-order valence-corrected chi connectivity index (χ3v) is 18.9. The molecule has 0 radical (unpaired) electrons. The lowest BCUT2D eigenvalue weighted by molar-refractivity contribution is 0.485. The van der Waals surface area contributed by atoms with Crippen LogP contribution in [-0.2, 0) is 9.13 Å². The average molecular weight is 837 g/mol. The second-order valence-corrected chi connectivity index (χ2v) is 21.1. The van der Waals surface area contributed by atoms with Gasteiger partial charge >= 0.3 is 0 Å². The maximum Gasteiger partial charge on any atom is 0.181 e. The number of ether oxygens (including phenoxy) is 2. The molecule has 2 aliphatic rings. The van der Waals surface area contributed by atoms with E-state index in [1.807, 2.05) is 158 Å². The first-order valence-corrected chi connectivity index (χ1v) is 24.1. The first kappa shape index (κ1) is 35.4. The van der Waals surface area contributed by atoms with Gasteiger partial charge in [-0.25, -0.2) is 0 Å². The molecule has 0 N–H and O–H groups in total. The fraction of sp³-hybridized carbons (Fsp3) is 0. The molecule has 2 aliphatic heterocycles. The standard InChI is InChI=1S/C54H34N2O4P2/c57-61(45-31-15-11-27-41(45)59-42-28-12-16-32-46(42)61)53-50-38-24-8-10-26-40(38)56(36-21-5-2-6-22-36)52(50)54(62(58)47-33-17-13-29-43(47)60-44-30-14-18-34-48(44)62)49-37-23-7-9-25-39(37)55(51(49)53)35-19-3-1-4-20-35/h1-34H. The highest BCUT2D eigenvalue weighted by Crippen LogP contribution is 2.60. The van der Waals surface area contributed by atoms with Crippen LogP contribution in [0.15, 0.2) is 206 Å². The van der Waals surface area contributed by atoms with E-state index in [1.165, 1.54) is 0 Å². The van der Waals surface area contributed by atoms with E-state index in [2.05, 4.69) is 57.7 Å². The Hall–Kier alpha value is -7.36. The monoisotopic (exact) mass is 836 g/mol. The molecule has 6 nitrogen and oxygen atoms in total. The third kappa shape index (κ3) is 4.60. The Bertz CT molecular complexity index is 3430. The summed E-state index contributed by atoms with van der Waals surface area (Å²) in [7, 11) is -7.82. The lowest BCUT2D eigenvalue weighted by Crippen LogP contribution is -2.35. The summed E-state index contributed by atoms with van der Waals surface area (Å²) in [4.78, 5) is 0. The number of aromatic nitrogens is 2. The zero-order valence-electron chi connectivity index (χ0n) is 33.1. The molecule has 62 heavy (non-hydrogen) atoms. The summed E-state index contributed by atoms with van der Waals surface area (Å²) in [5.41, 5.74) is 5.07. The van der Waals surface area contributed by atoms with Gasteiger partial charge in [-0.1, -0.05) is 121 Å². The van der Waals surface area contributed by atoms with E-state index in [-0.39, 0.29) is 0 Å². The summed E-state index contributed by atoms with van der Waals surface area (Å²) in [6.07, 6.45) is 0. The molecule has 9 aromatic carbocycles. The molecule has 0 atom stereocenters. The van der Waals surface area contributed by atoms with Gasteiger partial charge in [0.1, 0.15) is 23.0 Å². The lowest BCUT2D eigenvalue weighted by atomic mass is 10.1. The van der Waals surface area contributed by atoms with Crippen molar-refractivity contribution in [3.63, 3.8) is 0 Å². The van der Waals surface area contributed by atoms with Crippen LogP contribution in [0.5, 0.6) is 23.0 Å². The highest BCUT2D eigenvalue weighted by atomic mass is 31.2. The third-order valence-electron chi connectivity index (χ3n) is 12.6. The van der Waals surface area contributed by atoms with Crippen molar-refractivity contribution < 1.29 is 18.6 Å². The summed E-state index contributed by atoms with van der Waals surface area (Å²) >= 11 is 0. The van der Waals surface area contributed by atoms with Crippen molar-refractivity contribution in [1.29, 1.82) is 0 Å². The number of fused-ring (bicyclic) bond motifs is 10. The number of nitrogens with zero attached hydrogens (tertiary/aromatic N) is 2. The Kier molecular flexibility index (Phi) is 7.46. The van der Waals surface area contributed by atoms with E-state index in [9.17, 15) is 0 Å². The van der Waals surface area contributed by atoms with E-state index >= 15 is 9.13 Å². The van der Waals surface area contributed by atoms with Crippen molar-refractivity contribution in [3.05, 3.63) is 206 Å². The van der Waals surface area contributed by atoms with Crippen LogP contribution >= 0.6 is 14.3 Å². The first-order chi connectivity index (χ1) is 30.6. The van der Waals surface area contributed by atoms with Gasteiger partial charge in [-0.2, -0.15) is 0 Å². The Morgan fingerprint density at radius 2 is 0.613 bits per heavy atom. The molecule has 0 unspecified atom stereocenters. The Morgan fingerprint density at radius 3 is 0.968 bits per heavy atom. The van der Waals surface area contributed by atoms with Gasteiger partial charge in [-0.05, 0) is 84.9 Å². The summed E-state index contributed by atoms with van der Waals surface area (Å²) in [6, 6.07) is 68.1. The van der Waals surface area contributed by atoms with Gasteiger partial charge in [0, 0.05) is 32.9 Å². The maximum atomic E-state index is 17.7. The van der Waals surface area contributed by atoms with E-state index in [0.717, 1.165) is 55.0 Å². The van der Waals surface area contributed by atoms with Crippen LogP contribution in [0.1, 0.15) is 0 Å². The first-order valence-electron chi connectivity index (χ1n) is 20.7. The lowest BCUT2D eigenvalue weighted by Gasteiger charge is -2.33. The predicted molar refractivity (Wildman–Crippen MR) is 254 cm³/mol. The molecule has 13 rings (SSSR count). The van der Waals surface area contributed by atoms with E-state index < -0.39 is 14.3 Å². The highest BCUT2D eigenvalue weighted by molar-refractivity contribution is 7.87. The minimum Gasteiger partial charge on any atom is -0.456 e. The van der Waals surface area contributed by atoms with Gasteiger partial charge in [0.05, 0.1) is 53.9 Å². The van der Waals surface area contributed by atoms with Crippen LogP contribution in [0.3, 0.4) is 0 Å². The fourth-order valence-electron chi connectivity index (χ4n) is 10.1. The number of rotatable bonds is 4. The van der Waals surface area contributed by atoms with Crippen LogP contribution in [-0.4, -0.2) is 9.13 Å². The van der Waals surface area contributed by atoms with Crippen molar-refractivity contribution in [2.45, 2.75) is 0 Å². The number of benzene rings is 9. The molecule has 0 aliphatic carbocycles. The predicted octanol–water partition coefficient (Wildman–Crippen LogP) is 11.4. The molecular weight excluding hydrogens is 803 g/mol. The summed E-state index contributed by atoms with van der Waals surface area (Å²) in [5.74, 6) is 2.20. The van der Waals surface area contributed by atoms with Crippen LogP contribution in [0, 0.1) is 0 Å². The topological polar surface area (TPSA) is 62.5 Å². The molecule has 0 bridgehead atoms. The molecule has 11 aromatic rings. The van der Waals surface area contributed by atoms with Crippen LogP contribution in [0.2, 0.25) is 0 Å². The zero-order chi connectivity index (χ0) is 41.2. The molecule has 294 valence electrons. The van der Waals surface area contributed by atoms with Gasteiger partial charge < -0.3 is 27.7 Å². The van der Waals surface area contributed by atoms with Crippen molar-refractivity contribution >= 4 is 89.7 Å². The highest BCUT2D eigenvalue weighted by Gasteiger charge is 2.48. The van der Waals surface area contributed by atoms with Crippen molar-refractivity contribution in [2.24, 2.45) is 0 Å². The summed E-state index contributed by atoms with van der Waals surface area (Å²) in [5, 5.41) is 7.14. The minimum absolute atomic E-state index is 0.550. The molecule has 8 heteroatoms. The second-order valence-electron chi connectivity index (χ2n) is 15.8. The Balaban J connectivity index is 1.41. The summed E-state index contributed by atoms with van der Waals surface area (Å²) < 4.78 is 53.2. The molecule has 0 saturated heterocycles. The van der Waals surface area contributed by atoms with Crippen molar-refractivity contribution in [1.82, 2.24) is 9.13 Å². The van der Waals surface area contributed by atoms with Gasteiger partial charge in [-0.15, -0.1) is 0 Å².